The molecule has 0 unspecified atom stereocenters. The van der Waals surface area contributed by atoms with Crippen molar-refractivity contribution in [2.45, 2.75) is 45.7 Å². The lowest BCUT2D eigenvalue weighted by atomic mass is 9.96. The Hall–Kier alpha value is -1.43. The van der Waals surface area contributed by atoms with E-state index in [-0.39, 0.29) is 23.1 Å². The molecule has 1 nitrogen and oxygen atoms in total. The number of alkyl halides is 3. The van der Waals surface area contributed by atoms with Crippen molar-refractivity contribution < 1.29 is 17.6 Å². The molecule has 0 saturated heterocycles. The molecule has 0 aliphatic carbocycles. The maximum Gasteiger partial charge on any atom is 0.416 e. The van der Waals surface area contributed by atoms with E-state index >= 15 is 0 Å². The van der Waals surface area contributed by atoms with E-state index in [0.29, 0.717) is 15.7 Å². The third kappa shape index (κ3) is 3.63. The third-order valence-corrected chi connectivity index (χ3v) is 4.56. The normalized spacial score (nSPS) is 12.3. The van der Waals surface area contributed by atoms with Crippen molar-refractivity contribution in [3.05, 3.63) is 51.4 Å². The lowest BCUT2D eigenvalue weighted by molar-refractivity contribution is -0.137. The fraction of sp³-hybridized carbons (Fsp3) is 0.389. The lowest BCUT2D eigenvalue weighted by Crippen LogP contribution is -2.08. The summed E-state index contributed by atoms with van der Waals surface area (Å²) in [5, 5.41) is 0. The number of halogens is 5. The number of benzene rings is 1. The van der Waals surface area contributed by atoms with E-state index in [4.69, 9.17) is 0 Å². The van der Waals surface area contributed by atoms with Crippen LogP contribution < -0.4 is 0 Å². The van der Waals surface area contributed by atoms with Gasteiger partial charge in [0.25, 0.3) is 0 Å². The molecule has 6 heteroatoms. The van der Waals surface area contributed by atoms with E-state index < -0.39 is 17.6 Å². The molecule has 0 N–H and O–H groups in total. The quantitative estimate of drug-likeness (QED) is 0.507. The van der Waals surface area contributed by atoms with E-state index in [2.05, 4.69) is 20.9 Å². The van der Waals surface area contributed by atoms with Gasteiger partial charge in [0.2, 0.25) is 0 Å². The maximum absolute atomic E-state index is 15.0. The molecule has 0 fully saturated rings. The fourth-order valence-corrected chi connectivity index (χ4v) is 3.68. The van der Waals surface area contributed by atoms with Gasteiger partial charge in [0.1, 0.15) is 5.69 Å². The van der Waals surface area contributed by atoms with Crippen LogP contribution in [0.15, 0.2) is 28.7 Å². The summed E-state index contributed by atoms with van der Waals surface area (Å²) < 4.78 is 54.4. The first kappa shape index (κ1) is 18.9. The Morgan fingerprint density at radius 3 is 2.17 bits per heavy atom. The minimum atomic E-state index is -4.48. The molecule has 0 spiro atoms. The maximum atomic E-state index is 15.0. The Labute approximate surface area is 147 Å². The highest BCUT2D eigenvalue weighted by Gasteiger charge is 2.31. The van der Waals surface area contributed by atoms with Crippen molar-refractivity contribution in [1.29, 1.82) is 0 Å². The van der Waals surface area contributed by atoms with Crippen molar-refractivity contribution in [3.8, 4) is 11.3 Å². The Kier molecular flexibility index (Phi) is 5.37. The number of pyridine rings is 1. The zero-order valence-corrected chi connectivity index (χ0v) is 15.4. The van der Waals surface area contributed by atoms with Crippen molar-refractivity contribution in [1.82, 2.24) is 4.98 Å². The van der Waals surface area contributed by atoms with Gasteiger partial charge in [0, 0.05) is 15.6 Å². The number of aromatic nitrogens is 1. The summed E-state index contributed by atoms with van der Waals surface area (Å²) in [6.07, 6.45) is -4.48. The van der Waals surface area contributed by atoms with Crippen LogP contribution in [0.5, 0.6) is 0 Å². The van der Waals surface area contributed by atoms with Gasteiger partial charge in [-0.1, -0.05) is 39.8 Å². The summed E-state index contributed by atoms with van der Waals surface area (Å²) >= 11 is 3.40. The zero-order valence-electron chi connectivity index (χ0n) is 13.8. The predicted molar refractivity (Wildman–Crippen MR) is 90.5 cm³/mol. The molecule has 0 amide bonds. The van der Waals surface area contributed by atoms with E-state index in [1.807, 2.05) is 27.7 Å². The topological polar surface area (TPSA) is 12.9 Å². The second-order valence-electron chi connectivity index (χ2n) is 6.28. The van der Waals surface area contributed by atoms with Gasteiger partial charge in [0.15, 0.2) is 5.82 Å². The van der Waals surface area contributed by atoms with Crippen LogP contribution in [0.25, 0.3) is 11.3 Å². The molecule has 24 heavy (non-hydrogen) atoms. The van der Waals surface area contributed by atoms with Gasteiger partial charge < -0.3 is 0 Å². The molecular formula is C18H18BrF4N. The summed E-state index contributed by atoms with van der Waals surface area (Å²) in [4.78, 5) is 4.32. The summed E-state index contributed by atoms with van der Waals surface area (Å²) in [7, 11) is 0. The van der Waals surface area contributed by atoms with Crippen molar-refractivity contribution in [2.75, 3.05) is 0 Å². The van der Waals surface area contributed by atoms with Crippen molar-refractivity contribution in [3.63, 3.8) is 0 Å². The molecule has 0 radical (unpaired) electrons. The molecular weight excluding hydrogens is 386 g/mol. The summed E-state index contributed by atoms with van der Waals surface area (Å²) in [6, 6.07) is 4.62. The van der Waals surface area contributed by atoms with Gasteiger partial charge in [0.05, 0.1) is 11.3 Å². The Bertz CT molecular complexity index is 751. The second-order valence-corrected chi connectivity index (χ2v) is 7.07. The molecule has 1 heterocycles. The van der Waals surface area contributed by atoms with Gasteiger partial charge >= 0.3 is 6.18 Å². The van der Waals surface area contributed by atoms with Crippen molar-refractivity contribution >= 4 is 15.9 Å². The summed E-state index contributed by atoms with van der Waals surface area (Å²) in [5.41, 5.74) is 0.324. The molecule has 0 saturated carbocycles. The van der Waals surface area contributed by atoms with Crippen LogP contribution in [0.2, 0.25) is 0 Å². The Morgan fingerprint density at radius 1 is 1.04 bits per heavy atom. The number of rotatable bonds is 3. The van der Waals surface area contributed by atoms with Gasteiger partial charge in [-0.15, -0.1) is 0 Å². The molecule has 0 atom stereocenters. The van der Waals surface area contributed by atoms with E-state index in [1.54, 1.807) is 0 Å². The highest BCUT2D eigenvalue weighted by Crippen LogP contribution is 2.38. The first-order valence-corrected chi connectivity index (χ1v) is 8.39. The minimum absolute atomic E-state index is 0.00187. The first-order chi connectivity index (χ1) is 11.0. The van der Waals surface area contributed by atoms with Gasteiger partial charge in [-0.05, 0) is 39.9 Å². The summed E-state index contributed by atoms with van der Waals surface area (Å²) in [5.74, 6) is -0.716. The van der Waals surface area contributed by atoms with Gasteiger partial charge in [-0.3, -0.25) is 0 Å². The van der Waals surface area contributed by atoms with E-state index in [9.17, 15) is 17.6 Å². The molecule has 2 aromatic rings. The van der Waals surface area contributed by atoms with E-state index in [1.165, 1.54) is 12.1 Å². The number of hydrogen-bond donors (Lipinski definition) is 0. The van der Waals surface area contributed by atoms with Crippen LogP contribution in [0.3, 0.4) is 0 Å². The highest BCUT2D eigenvalue weighted by atomic mass is 79.9. The van der Waals surface area contributed by atoms with Crippen LogP contribution in [-0.4, -0.2) is 4.98 Å². The van der Waals surface area contributed by atoms with Crippen molar-refractivity contribution in [2.24, 2.45) is 0 Å². The monoisotopic (exact) mass is 403 g/mol. The molecule has 130 valence electrons. The summed E-state index contributed by atoms with van der Waals surface area (Å²) in [6.45, 7) is 7.49. The first-order valence-electron chi connectivity index (χ1n) is 7.60. The average molecular weight is 404 g/mol. The fourth-order valence-electron chi connectivity index (χ4n) is 2.50. The van der Waals surface area contributed by atoms with Gasteiger partial charge in [-0.2, -0.15) is 13.2 Å². The molecule has 0 bridgehead atoms. The number of hydrogen-bond acceptors (Lipinski definition) is 1. The minimum Gasteiger partial charge on any atom is -0.248 e. The smallest absolute Gasteiger partial charge is 0.248 e. The molecule has 1 aromatic heterocycles. The van der Waals surface area contributed by atoms with Crippen LogP contribution in [0, 0.1) is 5.82 Å². The predicted octanol–water partition coefficient (Wildman–Crippen LogP) is 6.92. The number of nitrogens with zero attached hydrogens (tertiary/aromatic N) is 1. The SMILES string of the molecule is CC(C)c1nc(-c2cccc(C(F)(F)F)c2)c(F)c(C(C)C)c1Br. The van der Waals surface area contributed by atoms with Crippen LogP contribution in [-0.2, 0) is 6.18 Å². The highest BCUT2D eigenvalue weighted by molar-refractivity contribution is 9.10. The Morgan fingerprint density at radius 2 is 1.67 bits per heavy atom. The molecule has 0 aliphatic heterocycles. The largest absolute Gasteiger partial charge is 0.416 e. The Balaban J connectivity index is 2.75. The molecule has 1 aromatic carbocycles. The standard InChI is InChI=1S/C18H18BrF4N/c1-9(2)13-14(19)16(10(3)4)24-17(15(13)20)11-6-5-7-12(8-11)18(21,22)23/h5-10H,1-4H3. The molecule has 2 rings (SSSR count). The van der Waals surface area contributed by atoms with Gasteiger partial charge in [-0.25, -0.2) is 9.37 Å². The second kappa shape index (κ2) is 6.82. The average Bonchev–Trinajstić information content (AvgIpc) is 2.46. The molecule has 0 aliphatic rings. The van der Waals surface area contributed by atoms with Crippen LogP contribution >= 0.6 is 15.9 Å². The van der Waals surface area contributed by atoms with Crippen LogP contribution in [0.1, 0.15) is 56.4 Å². The lowest BCUT2D eigenvalue weighted by Gasteiger charge is -2.19. The zero-order chi connectivity index (χ0) is 18.2. The third-order valence-electron chi connectivity index (χ3n) is 3.73. The van der Waals surface area contributed by atoms with E-state index in [0.717, 1.165) is 12.1 Å². The van der Waals surface area contributed by atoms with Crippen LogP contribution in [0.4, 0.5) is 17.6 Å².